The number of carbonyl (C=O) groups is 1. The second-order valence-corrected chi connectivity index (χ2v) is 7.63. The molecule has 1 saturated heterocycles. The van der Waals surface area contributed by atoms with Crippen LogP contribution in [0.3, 0.4) is 0 Å². The summed E-state index contributed by atoms with van der Waals surface area (Å²) >= 11 is 0. The van der Waals surface area contributed by atoms with Gasteiger partial charge >= 0.3 is 0 Å². The fourth-order valence-corrected chi connectivity index (χ4v) is 4.63. The number of amides is 1. The molecule has 2 N–H and O–H groups in total. The summed E-state index contributed by atoms with van der Waals surface area (Å²) in [5.41, 5.74) is 6.19. The SMILES string of the molecule is CCN(CC)C(=O)[C@@H]1C[C@H](N)CN1S(=O)(=O)c1cccc(C#N)c1. The normalized spacial score (nSPS) is 21.4. The lowest BCUT2D eigenvalue weighted by atomic mass is 10.1. The summed E-state index contributed by atoms with van der Waals surface area (Å²) < 4.78 is 27.1. The van der Waals surface area contributed by atoms with Gasteiger partial charge in [0.15, 0.2) is 0 Å². The van der Waals surface area contributed by atoms with E-state index < -0.39 is 16.1 Å². The van der Waals surface area contributed by atoms with Gasteiger partial charge in [0.25, 0.3) is 0 Å². The Morgan fingerprint density at radius 3 is 2.67 bits per heavy atom. The lowest BCUT2D eigenvalue weighted by molar-refractivity contribution is -0.134. The second-order valence-electron chi connectivity index (χ2n) is 5.74. The summed E-state index contributed by atoms with van der Waals surface area (Å²) in [6, 6.07) is 6.54. The van der Waals surface area contributed by atoms with Crippen molar-refractivity contribution in [1.29, 1.82) is 5.26 Å². The minimum absolute atomic E-state index is 0.00740. The van der Waals surface area contributed by atoms with Crippen LogP contribution >= 0.6 is 0 Å². The summed E-state index contributed by atoms with van der Waals surface area (Å²) in [5.74, 6) is -0.229. The van der Waals surface area contributed by atoms with Crippen molar-refractivity contribution < 1.29 is 13.2 Å². The van der Waals surface area contributed by atoms with E-state index in [1.54, 1.807) is 4.90 Å². The maximum Gasteiger partial charge on any atom is 0.243 e. The summed E-state index contributed by atoms with van der Waals surface area (Å²) in [7, 11) is -3.89. The fraction of sp³-hybridized carbons (Fsp3) is 0.500. The number of nitriles is 1. The zero-order valence-corrected chi connectivity index (χ0v) is 14.7. The quantitative estimate of drug-likeness (QED) is 0.833. The Kier molecular flexibility index (Phi) is 5.59. The summed E-state index contributed by atoms with van der Waals surface area (Å²) in [6.07, 6.45) is 0.298. The van der Waals surface area contributed by atoms with Crippen molar-refractivity contribution >= 4 is 15.9 Å². The van der Waals surface area contributed by atoms with Gasteiger partial charge in [-0.1, -0.05) is 6.07 Å². The third-order valence-corrected chi connectivity index (χ3v) is 6.09. The smallest absolute Gasteiger partial charge is 0.243 e. The number of likely N-dealkylation sites (N-methyl/N-ethyl adjacent to an activating group) is 1. The number of hydrogen-bond donors (Lipinski definition) is 1. The lowest BCUT2D eigenvalue weighted by Gasteiger charge is -2.28. The van der Waals surface area contributed by atoms with E-state index in [2.05, 4.69) is 0 Å². The molecule has 2 atom stereocenters. The number of benzene rings is 1. The first-order valence-electron chi connectivity index (χ1n) is 7.91. The summed E-state index contributed by atoms with van der Waals surface area (Å²) in [5, 5.41) is 8.97. The number of rotatable bonds is 5. The van der Waals surface area contributed by atoms with Crippen LogP contribution in [0, 0.1) is 11.3 Å². The van der Waals surface area contributed by atoms with Crippen molar-refractivity contribution in [1.82, 2.24) is 9.21 Å². The second kappa shape index (κ2) is 7.30. The molecule has 1 aliphatic heterocycles. The van der Waals surface area contributed by atoms with Crippen LogP contribution in [0.15, 0.2) is 29.2 Å². The number of carbonyl (C=O) groups excluding carboxylic acids is 1. The van der Waals surface area contributed by atoms with Crippen LogP contribution in [-0.4, -0.2) is 55.2 Å². The molecule has 0 radical (unpaired) electrons. The first kappa shape index (κ1) is 18.4. The fourth-order valence-electron chi connectivity index (χ4n) is 2.93. The van der Waals surface area contributed by atoms with Crippen LogP contribution < -0.4 is 5.73 Å². The van der Waals surface area contributed by atoms with Gasteiger partial charge in [-0.15, -0.1) is 0 Å². The molecule has 8 heteroatoms. The average molecular weight is 350 g/mol. The molecule has 7 nitrogen and oxygen atoms in total. The number of nitrogens with zero attached hydrogens (tertiary/aromatic N) is 3. The molecule has 1 aliphatic rings. The van der Waals surface area contributed by atoms with E-state index >= 15 is 0 Å². The Morgan fingerprint density at radius 2 is 2.08 bits per heavy atom. The molecule has 0 spiro atoms. The van der Waals surface area contributed by atoms with Crippen molar-refractivity contribution in [3.8, 4) is 6.07 Å². The topological polar surface area (TPSA) is 108 Å². The lowest BCUT2D eigenvalue weighted by Crippen LogP contribution is -2.47. The summed E-state index contributed by atoms with van der Waals surface area (Å²) in [4.78, 5) is 14.3. The van der Waals surface area contributed by atoms with Crippen molar-refractivity contribution in [2.75, 3.05) is 19.6 Å². The highest BCUT2D eigenvalue weighted by Crippen LogP contribution is 2.27. The molecule has 1 aromatic carbocycles. The standard InChI is InChI=1S/C16H22N4O3S/c1-3-19(4-2)16(21)15-9-13(18)11-20(15)24(22,23)14-7-5-6-12(8-14)10-17/h5-8,13,15H,3-4,9,11,18H2,1-2H3/t13-,15-/m0/s1. The highest BCUT2D eigenvalue weighted by Gasteiger charge is 2.43. The molecule has 1 amide bonds. The van der Waals surface area contributed by atoms with E-state index in [0.717, 1.165) is 0 Å². The van der Waals surface area contributed by atoms with Gasteiger partial charge in [0.1, 0.15) is 6.04 Å². The van der Waals surface area contributed by atoms with Crippen LogP contribution in [0.25, 0.3) is 0 Å². The molecular weight excluding hydrogens is 328 g/mol. The molecule has 24 heavy (non-hydrogen) atoms. The Labute approximate surface area is 142 Å². The van der Waals surface area contributed by atoms with Crippen molar-refractivity contribution in [2.45, 2.75) is 37.2 Å². The highest BCUT2D eigenvalue weighted by molar-refractivity contribution is 7.89. The van der Waals surface area contributed by atoms with Gasteiger partial charge in [-0.05, 0) is 38.5 Å². The maximum atomic E-state index is 13.0. The number of sulfonamides is 1. The Hall–Kier alpha value is -1.95. The minimum atomic E-state index is -3.89. The third kappa shape index (κ3) is 3.43. The van der Waals surface area contributed by atoms with E-state index in [1.807, 2.05) is 19.9 Å². The van der Waals surface area contributed by atoms with Crippen LogP contribution in [0.1, 0.15) is 25.8 Å². The minimum Gasteiger partial charge on any atom is -0.342 e. The van der Waals surface area contributed by atoms with Gasteiger partial charge in [-0.2, -0.15) is 9.57 Å². The predicted octanol–water partition coefficient (Wildman–Crippen LogP) is 0.517. The zero-order chi connectivity index (χ0) is 17.9. The molecule has 0 unspecified atom stereocenters. The monoisotopic (exact) mass is 350 g/mol. The summed E-state index contributed by atoms with van der Waals surface area (Å²) in [6.45, 7) is 4.82. The molecule has 0 bridgehead atoms. The van der Waals surface area contributed by atoms with Crippen LogP contribution in [-0.2, 0) is 14.8 Å². The zero-order valence-electron chi connectivity index (χ0n) is 13.8. The van der Waals surface area contributed by atoms with Crippen molar-refractivity contribution in [3.63, 3.8) is 0 Å². The van der Waals surface area contributed by atoms with E-state index in [4.69, 9.17) is 11.0 Å². The molecule has 1 aromatic rings. The van der Waals surface area contributed by atoms with Gasteiger partial charge in [0.05, 0.1) is 16.5 Å². The first-order valence-corrected chi connectivity index (χ1v) is 9.35. The van der Waals surface area contributed by atoms with Gasteiger partial charge in [-0.25, -0.2) is 8.42 Å². The molecule has 1 fully saturated rings. The van der Waals surface area contributed by atoms with Crippen LogP contribution in [0.4, 0.5) is 0 Å². The largest absolute Gasteiger partial charge is 0.342 e. The predicted molar refractivity (Wildman–Crippen MR) is 89.4 cm³/mol. The van der Waals surface area contributed by atoms with Crippen LogP contribution in [0.2, 0.25) is 0 Å². The highest BCUT2D eigenvalue weighted by atomic mass is 32.2. The molecular formula is C16H22N4O3S. The average Bonchev–Trinajstić information content (AvgIpc) is 2.98. The molecule has 0 aromatic heterocycles. The molecule has 130 valence electrons. The van der Waals surface area contributed by atoms with Gasteiger partial charge < -0.3 is 10.6 Å². The molecule has 1 heterocycles. The van der Waals surface area contributed by atoms with Gasteiger partial charge in [0.2, 0.25) is 15.9 Å². The molecule has 2 rings (SSSR count). The number of hydrogen-bond acceptors (Lipinski definition) is 5. The van der Waals surface area contributed by atoms with Gasteiger partial charge in [0, 0.05) is 25.7 Å². The van der Waals surface area contributed by atoms with E-state index in [0.29, 0.717) is 19.5 Å². The van der Waals surface area contributed by atoms with Gasteiger partial charge in [-0.3, -0.25) is 4.79 Å². The van der Waals surface area contributed by atoms with Crippen molar-refractivity contribution in [3.05, 3.63) is 29.8 Å². The number of nitrogens with two attached hydrogens (primary N) is 1. The van der Waals surface area contributed by atoms with E-state index in [9.17, 15) is 13.2 Å². The van der Waals surface area contributed by atoms with Crippen LogP contribution in [0.5, 0.6) is 0 Å². The Morgan fingerprint density at radius 1 is 1.42 bits per heavy atom. The first-order chi connectivity index (χ1) is 11.3. The van der Waals surface area contributed by atoms with Crippen molar-refractivity contribution in [2.24, 2.45) is 5.73 Å². The maximum absolute atomic E-state index is 13.0. The Bertz CT molecular complexity index is 753. The molecule has 0 saturated carbocycles. The third-order valence-electron chi connectivity index (χ3n) is 4.22. The molecule has 0 aliphatic carbocycles. The van der Waals surface area contributed by atoms with E-state index in [-0.39, 0.29) is 29.0 Å². The Balaban J connectivity index is 2.40. The van der Waals surface area contributed by atoms with E-state index in [1.165, 1.54) is 28.6 Å².